The molecule has 26 heavy (non-hydrogen) atoms. The van der Waals surface area contributed by atoms with Gasteiger partial charge in [0.1, 0.15) is 13.2 Å². The third kappa shape index (κ3) is 5.71. The molecule has 0 aliphatic heterocycles. The first kappa shape index (κ1) is 20.2. The Bertz CT molecular complexity index is 479. The van der Waals surface area contributed by atoms with E-state index in [1.54, 1.807) is 0 Å². The Labute approximate surface area is 151 Å². The molecule has 2 rings (SSSR count). The van der Waals surface area contributed by atoms with Gasteiger partial charge in [-0.2, -0.15) is 0 Å². The van der Waals surface area contributed by atoms with Crippen molar-refractivity contribution in [2.45, 2.75) is 51.4 Å². The summed E-state index contributed by atoms with van der Waals surface area (Å²) in [6.45, 7) is -0.0399. The number of carbonyl (C=O) groups excluding carboxylic acids is 2. The summed E-state index contributed by atoms with van der Waals surface area (Å²) in [6.07, 6.45) is 3.91. The minimum Gasteiger partial charge on any atom is -0.481 e. The van der Waals surface area contributed by atoms with Crippen molar-refractivity contribution >= 4 is 23.9 Å². The normalized spacial score (nSPS) is 28.8. The highest BCUT2D eigenvalue weighted by Gasteiger charge is 2.32. The fourth-order valence-corrected chi connectivity index (χ4v) is 3.67. The zero-order valence-corrected chi connectivity index (χ0v) is 14.7. The quantitative estimate of drug-likeness (QED) is 0.513. The number of aliphatic carboxylic acids is 2. The minimum absolute atomic E-state index is 0.0199. The minimum atomic E-state index is -0.818. The summed E-state index contributed by atoms with van der Waals surface area (Å²) >= 11 is 0. The van der Waals surface area contributed by atoms with Crippen molar-refractivity contribution in [3.63, 3.8) is 0 Å². The maximum absolute atomic E-state index is 12.0. The van der Waals surface area contributed by atoms with Crippen LogP contribution in [0.3, 0.4) is 0 Å². The van der Waals surface area contributed by atoms with Crippen LogP contribution in [0, 0.1) is 23.7 Å². The second kappa shape index (κ2) is 9.54. The maximum atomic E-state index is 12.0. The van der Waals surface area contributed by atoms with Gasteiger partial charge in [0.25, 0.3) is 0 Å². The van der Waals surface area contributed by atoms with Gasteiger partial charge in [-0.15, -0.1) is 0 Å². The molecule has 0 unspecified atom stereocenters. The zero-order chi connectivity index (χ0) is 19.1. The Morgan fingerprint density at radius 1 is 0.577 bits per heavy atom. The molecule has 0 atom stereocenters. The SMILES string of the molecule is O=C(O)C1CCC(C(=O)OCCOC(=O)C2CCC(C(=O)O)CC2)CC1. The summed E-state index contributed by atoms with van der Waals surface area (Å²) in [7, 11) is 0. The molecule has 0 amide bonds. The number of carbonyl (C=O) groups is 4. The van der Waals surface area contributed by atoms with Gasteiger partial charge in [0.2, 0.25) is 0 Å². The van der Waals surface area contributed by atoms with Crippen LogP contribution in [-0.4, -0.2) is 47.3 Å². The van der Waals surface area contributed by atoms with E-state index in [0.717, 1.165) is 0 Å². The highest BCUT2D eigenvalue weighted by Crippen LogP contribution is 2.30. The second-order valence-electron chi connectivity index (χ2n) is 7.11. The average molecular weight is 370 g/mol. The average Bonchev–Trinajstić information content (AvgIpc) is 2.65. The Morgan fingerprint density at radius 3 is 1.12 bits per heavy atom. The fourth-order valence-electron chi connectivity index (χ4n) is 3.67. The van der Waals surface area contributed by atoms with Crippen molar-refractivity contribution in [1.82, 2.24) is 0 Å². The van der Waals surface area contributed by atoms with Crippen molar-refractivity contribution in [3.05, 3.63) is 0 Å². The van der Waals surface area contributed by atoms with Gasteiger partial charge in [0.15, 0.2) is 0 Å². The highest BCUT2D eigenvalue weighted by atomic mass is 16.6. The van der Waals surface area contributed by atoms with E-state index in [4.69, 9.17) is 19.7 Å². The highest BCUT2D eigenvalue weighted by molar-refractivity contribution is 5.75. The Kier molecular flexibility index (Phi) is 7.41. The van der Waals surface area contributed by atoms with E-state index < -0.39 is 11.9 Å². The first-order chi connectivity index (χ1) is 12.4. The third-order valence-electron chi connectivity index (χ3n) is 5.39. The smallest absolute Gasteiger partial charge is 0.309 e. The molecule has 0 saturated heterocycles. The molecule has 0 radical (unpaired) electrons. The van der Waals surface area contributed by atoms with E-state index in [1.165, 1.54) is 0 Å². The summed E-state index contributed by atoms with van der Waals surface area (Å²) in [5.74, 6) is -3.70. The van der Waals surface area contributed by atoms with Crippen LogP contribution < -0.4 is 0 Å². The van der Waals surface area contributed by atoms with E-state index in [2.05, 4.69) is 0 Å². The summed E-state index contributed by atoms with van der Waals surface area (Å²) in [5, 5.41) is 17.9. The van der Waals surface area contributed by atoms with Crippen molar-refractivity contribution in [1.29, 1.82) is 0 Å². The lowest BCUT2D eigenvalue weighted by Gasteiger charge is -2.25. The standard InChI is InChI=1S/C18H26O8/c19-15(20)11-1-5-13(6-2-11)17(23)25-9-10-26-18(24)14-7-3-12(4-8-14)16(21)22/h11-14H,1-10H2,(H,19,20)(H,21,22). The number of hydrogen-bond acceptors (Lipinski definition) is 6. The molecule has 0 aromatic rings. The van der Waals surface area contributed by atoms with E-state index in [1.807, 2.05) is 0 Å². The first-order valence-corrected chi connectivity index (χ1v) is 9.17. The molecule has 2 aliphatic carbocycles. The molecule has 0 aromatic heterocycles. The van der Waals surface area contributed by atoms with Crippen molar-refractivity contribution in [3.8, 4) is 0 Å². The predicted octanol–water partition coefficient (Wildman–Crippen LogP) is 1.85. The van der Waals surface area contributed by atoms with E-state index in [9.17, 15) is 19.2 Å². The fraction of sp³-hybridized carbons (Fsp3) is 0.778. The number of carboxylic acids is 2. The molecule has 2 aliphatic rings. The van der Waals surface area contributed by atoms with Crippen LogP contribution >= 0.6 is 0 Å². The molecule has 2 N–H and O–H groups in total. The molecule has 146 valence electrons. The molecule has 8 heteroatoms. The Morgan fingerprint density at radius 2 is 0.846 bits per heavy atom. The van der Waals surface area contributed by atoms with Crippen molar-refractivity contribution in [2.24, 2.45) is 23.7 Å². The maximum Gasteiger partial charge on any atom is 0.309 e. The predicted molar refractivity (Wildman–Crippen MR) is 88.1 cm³/mol. The number of hydrogen-bond donors (Lipinski definition) is 2. The van der Waals surface area contributed by atoms with Gasteiger partial charge in [-0.05, 0) is 51.4 Å². The van der Waals surface area contributed by atoms with Gasteiger partial charge in [-0.1, -0.05) is 0 Å². The molecule has 0 spiro atoms. The summed E-state index contributed by atoms with van der Waals surface area (Å²) < 4.78 is 10.2. The van der Waals surface area contributed by atoms with Crippen LogP contribution in [0.2, 0.25) is 0 Å². The third-order valence-corrected chi connectivity index (χ3v) is 5.39. The van der Waals surface area contributed by atoms with E-state index in [-0.39, 0.29) is 48.8 Å². The summed E-state index contributed by atoms with van der Waals surface area (Å²) in [5.41, 5.74) is 0. The number of esters is 2. The van der Waals surface area contributed by atoms with Gasteiger partial charge in [-0.3, -0.25) is 19.2 Å². The van der Waals surface area contributed by atoms with Crippen LogP contribution in [0.1, 0.15) is 51.4 Å². The largest absolute Gasteiger partial charge is 0.481 e. The van der Waals surface area contributed by atoms with Crippen molar-refractivity contribution in [2.75, 3.05) is 13.2 Å². The van der Waals surface area contributed by atoms with Crippen molar-refractivity contribution < 1.29 is 38.9 Å². The summed E-state index contributed by atoms with van der Waals surface area (Å²) in [4.78, 5) is 45.7. The zero-order valence-electron chi connectivity index (χ0n) is 14.7. The van der Waals surface area contributed by atoms with Crippen LogP contribution in [0.25, 0.3) is 0 Å². The molecular weight excluding hydrogens is 344 g/mol. The van der Waals surface area contributed by atoms with Gasteiger partial charge in [0.05, 0.1) is 23.7 Å². The molecule has 0 bridgehead atoms. The molecular formula is C18H26O8. The van der Waals surface area contributed by atoms with Crippen LogP contribution in [0.4, 0.5) is 0 Å². The molecule has 8 nitrogen and oxygen atoms in total. The lowest BCUT2D eigenvalue weighted by atomic mass is 9.82. The first-order valence-electron chi connectivity index (χ1n) is 9.17. The monoisotopic (exact) mass is 370 g/mol. The number of carboxylic acid groups (broad SMARTS) is 2. The lowest BCUT2D eigenvalue weighted by Crippen LogP contribution is -2.29. The van der Waals surface area contributed by atoms with Crippen LogP contribution in [0.15, 0.2) is 0 Å². The number of rotatable bonds is 7. The summed E-state index contributed by atoms with van der Waals surface area (Å²) in [6, 6.07) is 0. The molecule has 2 fully saturated rings. The molecule has 0 heterocycles. The molecule has 2 saturated carbocycles. The Balaban J connectivity index is 1.59. The lowest BCUT2D eigenvalue weighted by molar-refractivity contribution is -0.159. The molecule has 0 aromatic carbocycles. The van der Waals surface area contributed by atoms with Gasteiger partial charge < -0.3 is 19.7 Å². The number of ether oxygens (including phenoxy) is 2. The Hall–Kier alpha value is -2.12. The van der Waals surface area contributed by atoms with E-state index in [0.29, 0.717) is 51.4 Å². The van der Waals surface area contributed by atoms with Gasteiger partial charge in [0, 0.05) is 0 Å². The van der Waals surface area contributed by atoms with Gasteiger partial charge >= 0.3 is 23.9 Å². The topological polar surface area (TPSA) is 127 Å². The van der Waals surface area contributed by atoms with E-state index >= 15 is 0 Å². The van der Waals surface area contributed by atoms with Crippen LogP contribution in [0.5, 0.6) is 0 Å². The van der Waals surface area contributed by atoms with Crippen LogP contribution in [-0.2, 0) is 28.7 Å². The second-order valence-corrected chi connectivity index (χ2v) is 7.11. The van der Waals surface area contributed by atoms with Gasteiger partial charge in [-0.25, -0.2) is 0 Å².